The van der Waals surface area contributed by atoms with Gasteiger partial charge < -0.3 is 9.80 Å². The van der Waals surface area contributed by atoms with E-state index in [0.29, 0.717) is 5.69 Å². The average Bonchev–Trinajstić information content (AvgIpc) is 3.25. The zero-order valence-corrected chi connectivity index (χ0v) is 17.8. The molecule has 1 aromatic rings. The minimum Gasteiger partial charge on any atom is -0.358 e. The molecule has 0 aromatic heterocycles. The van der Waals surface area contributed by atoms with E-state index in [-0.39, 0.29) is 29.3 Å². The second-order valence-electron chi connectivity index (χ2n) is 8.16. The Kier molecular flexibility index (Phi) is 5.29. The third-order valence-corrected chi connectivity index (χ3v) is 7.94. The van der Waals surface area contributed by atoms with Gasteiger partial charge >= 0.3 is 0 Å². The molecule has 1 atom stereocenters. The molecule has 0 saturated carbocycles. The molecule has 1 unspecified atom stereocenters. The summed E-state index contributed by atoms with van der Waals surface area (Å²) in [6.45, 7) is 2.16. The summed E-state index contributed by atoms with van der Waals surface area (Å²) in [6, 6.07) is 4.64. The van der Waals surface area contributed by atoms with E-state index in [9.17, 15) is 18.0 Å². The first-order chi connectivity index (χ1) is 13.8. The topological polar surface area (TPSA) is 81.2 Å². The maximum Gasteiger partial charge on any atom is 0.250 e. The van der Waals surface area contributed by atoms with Crippen LogP contribution >= 0.6 is 0 Å². The van der Waals surface area contributed by atoms with Gasteiger partial charge in [0.1, 0.15) is 12.6 Å². The molecule has 0 aliphatic carbocycles. The van der Waals surface area contributed by atoms with E-state index in [1.165, 1.54) is 19.0 Å². The van der Waals surface area contributed by atoms with Crippen LogP contribution in [0.2, 0.25) is 0 Å². The molecule has 3 heterocycles. The highest BCUT2D eigenvalue weighted by molar-refractivity contribution is 7.89. The van der Waals surface area contributed by atoms with E-state index in [4.69, 9.17) is 0 Å². The molecule has 0 N–H and O–H groups in total. The Morgan fingerprint density at radius 3 is 2.45 bits per heavy atom. The Morgan fingerprint density at radius 2 is 1.76 bits per heavy atom. The molecular formula is C20H28N4O4S. The standard InChI is InChI=1S/C20H28N4O4S/c1-21(2)29(27,28)15-8-9-16-18(13-15)24(14-19(25)22-10-5-6-11-22)20(26)17-7-3-4-12-23(16)17/h8-9,13,17H,3-7,10-12,14H2,1-2H3. The predicted molar refractivity (Wildman–Crippen MR) is 110 cm³/mol. The number of carbonyl (C=O) groups is 2. The van der Waals surface area contributed by atoms with Crippen LogP contribution in [0.3, 0.4) is 0 Å². The molecule has 158 valence electrons. The molecule has 0 spiro atoms. The number of amides is 2. The molecule has 4 rings (SSSR count). The van der Waals surface area contributed by atoms with Gasteiger partial charge in [-0.25, -0.2) is 12.7 Å². The number of hydrogen-bond donors (Lipinski definition) is 0. The highest BCUT2D eigenvalue weighted by Crippen LogP contribution is 2.41. The van der Waals surface area contributed by atoms with Crippen LogP contribution in [-0.4, -0.2) is 75.8 Å². The summed E-state index contributed by atoms with van der Waals surface area (Å²) in [6.07, 6.45) is 4.69. The van der Waals surface area contributed by atoms with Crippen molar-refractivity contribution in [3.05, 3.63) is 18.2 Å². The fourth-order valence-corrected chi connectivity index (χ4v) is 5.40. The second kappa shape index (κ2) is 7.60. The van der Waals surface area contributed by atoms with Crippen molar-refractivity contribution >= 4 is 33.2 Å². The Bertz CT molecular complexity index is 924. The van der Waals surface area contributed by atoms with Crippen molar-refractivity contribution in [3.8, 4) is 0 Å². The van der Waals surface area contributed by atoms with Crippen LogP contribution in [0.1, 0.15) is 32.1 Å². The number of hydrogen-bond acceptors (Lipinski definition) is 5. The minimum atomic E-state index is -3.64. The van der Waals surface area contributed by atoms with Gasteiger partial charge in [0.15, 0.2) is 0 Å². The number of benzene rings is 1. The number of carbonyl (C=O) groups excluding carboxylic acids is 2. The lowest BCUT2D eigenvalue weighted by Crippen LogP contribution is -2.57. The first kappa shape index (κ1) is 20.2. The number of rotatable bonds is 4. The smallest absolute Gasteiger partial charge is 0.250 e. The Labute approximate surface area is 172 Å². The Hall–Kier alpha value is -2.13. The van der Waals surface area contributed by atoms with Crippen LogP contribution in [0.4, 0.5) is 11.4 Å². The van der Waals surface area contributed by atoms with Crippen LogP contribution in [0.15, 0.2) is 23.1 Å². The normalized spacial score (nSPS) is 22.1. The summed E-state index contributed by atoms with van der Waals surface area (Å²) in [7, 11) is -0.680. The zero-order chi connectivity index (χ0) is 20.8. The van der Waals surface area contributed by atoms with Gasteiger partial charge in [0, 0.05) is 33.7 Å². The highest BCUT2D eigenvalue weighted by atomic mass is 32.2. The zero-order valence-electron chi connectivity index (χ0n) is 17.0. The summed E-state index contributed by atoms with van der Waals surface area (Å²) in [5.41, 5.74) is 1.35. The largest absolute Gasteiger partial charge is 0.358 e. The minimum absolute atomic E-state index is 0.0400. The Morgan fingerprint density at radius 1 is 1.07 bits per heavy atom. The summed E-state index contributed by atoms with van der Waals surface area (Å²) in [4.78, 5) is 31.6. The lowest BCUT2D eigenvalue weighted by Gasteiger charge is -2.45. The summed E-state index contributed by atoms with van der Waals surface area (Å²) >= 11 is 0. The number of nitrogens with zero attached hydrogens (tertiary/aromatic N) is 4. The van der Waals surface area contributed by atoms with Crippen molar-refractivity contribution in [1.82, 2.24) is 9.21 Å². The first-order valence-corrected chi connectivity index (χ1v) is 11.7. The van der Waals surface area contributed by atoms with Crippen molar-refractivity contribution in [2.45, 2.75) is 43.0 Å². The fraction of sp³-hybridized carbons (Fsp3) is 0.600. The van der Waals surface area contributed by atoms with Crippen LogP contribution in [0.5, 0.6) is 0 Å². The maximum absolute atomic E-state index is 13.3. The monoisotopic (exact) mass is 420 g/mol. The molecule has 1 aromatic carbocycles. The third kappa shape index (κ3) is 3.50. The molecular weight excluding hydrogens is 392 g/mol. The SMILES string of the molecule is CN(C)S(=O)(=O)c1ccc2c(c1)N(CC(=O)N1CCCC1)C(=O)C1CCCCN21. The van der Waals surface area contributed by atoms with Gasteiger partial charge in [0.25, 0.3) is 0 Å². The van der Waals surface area contributed by atoms with E-state index in [0.717, 1.165) is 61.7 Å². The predicted octanol–water partition coefficient (Wildman–Crippen LogP) is 1.26. The van der Waals surface area contributed by atoms with Crippen LogP contribution < -0.4 is 9.80 Å². The molecule has 8 nitrogen and oxygen atoms in total. The lowest BCUT2D eigenvalue weighted by atomic mass is 9.96. The van der Waals surface area contributed by atoms with Crippen molar-refractivity contribution in [2.75, 3.05) is 50.1 Å². The summed E-state index contributed by atoms with van der Waals surface area (Å²) in [5.74, 6) is -0.184. The van der Waals surface area contributed by atoms with Gasteiger partial charge in [-0.1, -0.05) is 0 Å². The average molecular weight is 421 g/mol. The van der Waals surface area contributed by atoms with Gasteiger partial charge in [-0.15, -0.1) is 0 Å². The number of likely N-dealkylation sites (tertiary alicyclic amines) is 1. The molecule has 0 radical (unpaired) electrons. The van der Waals surface area contributed by atoms with Crippen LogP contribution in [0.25, 0.3) is 0 Å². The van der Waals surface area contributed by atoms with Gasteiger partial charge in [0.05, 0.1) is 16.3 Å². The lowest BCUT2D eigenvalue weighted by molar-refractivity contribution is -0.131. The van der Waals surface area contributed by atoms with E-state index in [1.807, 2.05) is 0 Å². The molecule has 9 heteroatoms. The summed E-state index contributed by atoms with van der Waals surface area (Å²) in [5, 5.41) is 0. The fourth-order valence-electron chi connectivity index (χ4n) is 4.47. The van der Waals surface area contributed by atoms with Crippen LogP contribution in [-0.2, 0) is 19.6 Å². The molecule has 2 fully saturated rings. The van der Waals surface area contributed by atoms with Gasteiger partial charge in [0.2, 0.25) is 21.8 Å². The quantitative estimate of drug-likeness (QED) is 0.733. The van der Waals surface area contributed by atoms with Gasteiger partial charge in [-0.3, -0.25) is 14.5 Å². The highest BCUT2D eigenvalue weighted by Gasteiger charge is 2.41. The van der Waals surface area contributed by atoms with E-state index in [2.05, 4.69) is 4.90 Å². The number of sulfonamides is 1. The van der Waals surface area contributed by atoms with E-state index in [1.54, 1.807) is 23.1 Å². The van der Waals surface area contributed by atoms with E-state index >= 15 is 0 Å². The number of fused-ring (bicyclic) bond motifs is 3. The third-order valence-electron chi connectivity index (χ3n) is 6.13. The van der Waals surface area contributed by atoms with Gasteiger partial charge in [-0.2, -0.15) is 0 Å². The van der Waals surface area contributed by atoms with Crippen LogP contribution in [0, 0.1) is 0 Å². The molecule has 3 aliphatic heterocycles. The van der Waals surface area contributed by atoms with Crippen molar-refractivity contribution in [2.24, 2.45) is 0 Å². The van der Waals surface area contributed by atoms with Crippen molar-refractivity contribution < 1.29 is 18.0 Å². The van der Waals surface area contributed by atoms with Crippen molar-refractivity contribution in [1.29, 1.82) is 0 Å². The first-order valence-electron chi connectivity index (χ1n) is 10.2. The molecule has 3 aliphatic rings. The van der Waals surface area contributed by atoms with Gasteiger partial charge in [-0.05, 0) is 50.3 Å². The molecule has 0 bridgehead atoms. The van der Waals surface area contributed by atoms with Crippen molar-refractivity contribution in [3.63, 3.8) is 0 Å². The number of anilines is 2. The number of piperidine rings is 1. The molecule has 2 amide bonds. The Balaban J connectivity index is 1.76. The summed E-state index contributed by atoms with van der Waals surface area (Å²) < 4.78 is 26.5. The molecule has 29 heavy (non-hydrogen) atoms. The second-order valence-corrected chi connectivity index (χ2v) is 10.3. The maximum atomic E-state index is 13.3. The van der Waals surface area contributed by atoms with E-state index < -0.39 is 10.0 Å². The molecule has 2 saturated heterocycles.